The Labute approximate surface area is 118 Å². The average Bonchev–Trinajstić information content (AvgIpc) is 3.09. The number of nitrogens with one attached hydrogen (secondary N) is 1. The van der Waals surface area contributed by atoms with Crippen molar-refractivity contribution in [1.82, 2.24) is 15.1 Å². The van der Waals surface area contributed by atoms with Crippen LogP contribution in [0.15, 0.2) is 42.7 Å². The predicted molar refractivity (Wildman–Crippen MR) is 77.7 cm³/mol. The molecule has 1 amide bonds. The minimum absolute atomic E-state index is 0.0435. The molecule has 0 aliphatic carbocycles. The first-order valence-electron chi connectivity index (χ1n) is 6.82. The number of aryl methyl sites for hydroxylation is 1. The molecule has 1 unspecified atom stereocenters. The van der Waals surface area contributed by atoms with Crippen LogP contribution in [-0.4, -0.2) is 34.8 Å². The van der Waals surface area contributed by atoms with Crippen molar-refractivity contribution in [3.8, 4) is 0 Å². The molecule has 3 rings (SSSR count). The first-order chi connectivity index (χ1) is 9.72. The molecule has 104 valence electrons. The quantitative estimate of drug-likeness (QED) is 0.918. The standard InChI is InChI=1S/C15H18N4O/c1-18-10-12(9-16-18)15(20)17-13-7-8-19(11-13)14-5-3-2-4-6-14/h2-6,9-10,13H,7-8,11H2,1H3,(H,17,20). The minimum atomic E-state index is -0.0435. The predicted octanol–water partition coefficient (Wildman–Crippen LogP) is 1.43. The molecule has 0 saturated carbocycles. The molecule has 1 aromatic heterocycles. The SMILES string of the molecule is Cn1cc(C(=O)NC2CCN(c3ccccc3)C2)cn1. The Hall–Kier alpha value is -2.30. The maximum atomic E-state index is 12.1. The van der Waals surface area contributed by atoms with Crippen molar-refractivity contribution in [2.75, 3.05) is 18.0 Å². The number of aromatic nitrogens is 2. The van der Waals surface area contributed by atoms with Crippen molar-refractivity contribution in [3.63, 3.8) is 0 Å². The van der Waals surface area contributed by atoms with Crippen LogP contribution in [0.2, 0.25) is 0 Å². The number of benzene rings is 1. The summed E-state index contributed by atoms with van der Waals surface area (Å²) in [6.07, 6.45) is 4.30. The Balaban J connectivity index is 1.59. The zero-order valence-electron chi connectivity index (χ0n) is 11.5. The third-order valence-corrected chi connectivity index (χ3v) is 3.61. The van der Waals surface area contributed by atoms with Crippen molar-refractivity contribution in [2.45, 2.75) is 12.5 Å². The van der Waals surface area contributed by atoms with Gasteiger partial charge >= 0.3 is 0 Å². The zero-order valence-corrected chi connectivity index (χ0v) is 11.5. The Bertz CT molecular complexity index is 593. The van der Waals surface area contributed by atoms with Gasteiger partial charge in [-0.05, 0) is 18.6 Å². The largest absolute Gasteiger partial charge is 0.369 e. The van der Waals surface area contributed by atoms with Gasteiger partial charge in [0.1, 0.15) is 0 Å². The fraction of sp³-hybridized carbons (Fsp3) is 0.333. The van der Waals surface area contributed by atoms with Crippen LogP contribution in [0.4, 0.5) is 5.69 Å². The van der Waals surface area contributed by atoms with Crippen LogP contribution < -0.4 is 10.2 Å². The van der Waals surface area contributed by atoms with Crippen molar-refractivity contribution < 1.29 is 4.79 Å². The molecule has 2 heterocycles. The number of carbonyl (C=O) groups is 1. The van der Waals surface area contributed by atoms with Crippen molar-refractivity contribution in [2.24, 2.45) is 7.05 Å². The van der Waals surface area contributed by atoms with E-state index in [1.165, 1.54) is 5.69 Å². The summed E-state index contributed by atoms with van der Waals surface area (Å²) in [7, 11) is 1.81. The Morgan fingerprint density at radius 1 is 1.35 bits per heavy atom. The van der Waals surface area contributed by atoms with Crippen LogP contribution in [-0.2, 0) is 7.05 Å². The van der Waals surface area contributed by atoms with E-state index in [-0.39, 0.29) is 11.9 Å². The lowest BCUT2D eigenvalue weighted by Crippen LogP contribution is -2.37. The molecule has 1 aliphatic rings. The first kappa shape index (κ1) is 12.7. The van der Waals surface area contributed by atoms with Gasteiger partial charge in [-0.15, -0.1) is 0 Å². The normalized spacial score (nSPS) is 18.2. The highest BCUT2D eigenvalue weighted by atomic mass is 16.1. The van der Waals surface area contributed by atoms with Gasteiger partial charge in [0.2, 0.25) is 0 Å². The number of amides is 1. The molecule has 2 aromatic rings. The van der Waals surface area contributed by atoms with Crippen LogP contribution in [0.3, 0.4) is 0 Å². The number of hydrogen-bond donors (Lipinski definition) is 1. The van der Waals surface area contributed by atoms with E-state index >= 15 is 0 Å². The molecule has 1 saturated heterocycles. The third kappa shape index (κ3) is 2.66. The summed E-state index contributed by atoms with van der Waals surface area (Å²) >= 11 is 0. The van der Waals surface area contributed by atoms with Gasteiger partial charge in [0.05, 0.1) is 11.8 Å². The van der Waals surface area contributed by atoms with E-state index < -0.39 is 0 Å². The van der Waals surface area contributed by atoms with E-state index in [4.69, 9.17) is 0 Å². The molecule has 0 spiro atoms. The molecule has 1 aromatic carbocycles. The Morgan fingerprint density at radius 2 is 2.15 bits per heavy atom. The number of para-hydroxylation sites is 1. The average molecular weight is 270 g/mol. The molecule has 0 radical (unpaired) electrons. The number of rotatable bonds is 3. The second-order valence-corrected chi connectivity index (χ2v) is 5.14. The maximum absolute atomic E-state index is 12.1. The van der Waals surface area contributed by atoms with Gasteiger partial charge in [-0.2, -0.15) is 5.10 Å². The number of anilines is 1. The lowest BCUT2D eigenvalue weighted by molar-refractivity contribution is 0.0940. The van der Waals surface area contributed by atoms with Crippen molar-refractivity contribution in [3.05, 3.63) is 48.3 Å². The molecule has 1 fully saturated rings. The molecule has 5 heteroatoms. The van der Waals surface area contributed by atoms with Crippen LogP contribution >= 0.6 is 0 Å². The zero-order chi connectivity index (χ0) is 13.9. The highest BCUT2D eigenvalue weighted by Gasteiger charge is 2.24. The molecule has 1 atom stereocenters. The van der Waals surface area contributed by atoms with Gasteiger partial charge < -0.3 is 10.2 Å². The third-order valence-electron chi connectivity index (χ3n) is 3.61. The molecule has 1 N–H and O–H groups in total. The molecular weight excluding hydrogens is 252 g/mol. The van der Waals surface area contributed by atoms with Crippen LogP contribution in [0.5, 0.6) is 0 Å². The van der Waals surface area contributed by atoms with Gasteiger partial charge in [0.15, 0.2) is 0 Å². The number of nitrogens with zero attached hydrogens (tertiary/aromatic N) is 3. The first-order valence-corrected chi connectivity index (χ1v) is 6.82. The maximum Gasteiger partial charge on any atom is 0.254 e. The number of hydrogen-bond acceptors (Lipinski definition) is 3. The Morgan fingerprint density at radius 3 is 2.85 bits per heavy atom. The van der Waals surface area contributed by atoms with E-state index in [0.29, 0.717) is 5.56 Å². The van der Waals surface area contributed by atoms with E-state index in [0.717, 1.165) is 19.5 Å². The van der Waals surface area contributed by atoms with Gasteiger partial charge in [-0.3, -0.25) is 9.48 Å². The fourth-order valence-corrected chi connectivity index (χ4v) is 2.56. The summed E-state index contributed by atoms with van der Waals surface area (Å²) in [6.45, 7) is 1.83. The smallest absolute Gasteiger partial charge is 0.254 e. The lowest BCUT2D eigenvalue weighted by atomic mass is 10.2. The van der Waals surface area contributed by atoms with E-state index in [2.05, 4.69) is 27.4 Å². The summed E-state index contributed by atoms with van der Waals surface area (Å²) in [6, 6.07) is 10.5. The Kier molecular flexibility index (Phi) is 3.41. The molecule has 20 heavy (non-hydrogen) atoms. The van der Waals surface area contributed by atoms with Crippen LogP contribution in [0, 0.1) is 0 Å². The van der Waals surface area contributed by atoms with E-state index in [9.17, 15) is 4.79 Å². The minimum Gasteiger partial charge on any atom is -0.369 e. The van der Waals surface area contributed by atoms with Gasteiger partial charge in [0, 0.05) is 38.1 Å². The summed E-state index contributed by atoms with van der Waals surface area (Å²) in [5.41, 5.74) is 1.83. The summed E-state index contributed by atoms with van der Waals surface area (Å²) in [4.78, 5) is 14.4. The van der Waals surface area contributed by atoms with Gasteiger partial charge in [-0.1, -0.05) is 18.2 Å². The lowest BCUT2D eigenvalue weighted by Gasteiger charge is -2.18. The summed E-state index contributed by atoms with van der Waals surface area (Å²) in [5.74, 6) is -0.0435. The van der Waals surface area contributed by atoms with E-state index in [1.54, 1.807) is 17.1 Å². The molecule has 1 aliphatic heterocycles. The van der Waals surface area contributed by atoms with Gasteiger partial charge in [-0.25, -0.2) is 0 Å². The van der Waals surface area contributed by atoms with E-state index in [1.807, 2.05) is 25.2 Å². The fourth-order valence-electron chi connectivity index (χ4n) is 2.56. The second-order valence-electron chi connectivity index (χ2n) is 5.14. The van der Waals surface area contributed by atoms with Crippen LogP contribution in [0.25, 0.3) is 0 Å². The molecular formula is C15H18N4O. The topological polar surface area (TPSA) is 50.2 Å². The summed E-state index contributed by atoms with van der Waals surface area (Å²) in [5, 5.41) is 7.09. The monoisotopic (exact) mass is 270 g/mol. The summed E-state index contributed by atoms with van der Waals surface area (Å²) < 4.78 is 1.64. The highest BCUT2D eigenvalue weighted by molar-refractivity contribution is 5.93. The van der Waals surface area contributed by atoms with Gasteiger partial charge in [0.25, 0.3) is 5.91 Å². The van der Waals surface area contributed by atoms with Crippen molar-refractivity contribution in [1.29, 1.82) is 0 Å². The van der Waals surface area contributed by atoms with Crippen molar-refractivity contribution >= 4 is 11.6 Å². The van der Waals surface area contributed by atoms with Crippen LogP contribution in [0.1, 0.15) is 16.8 Å². The number of carbonyl (C=O) groups excluding carboxylic acids is 1. The molecule has 0 bridgehead atoms. The highest BCUT2D eigenvalue weighted by Crippen LogP contribution is 2.19. The second kappa shape index (κ2) is 5.36. The molecule has 5 nitrogen and oxygen atoms in total.